The van der Waals surface area contributed by atoms with E-state index in [-0.39, 0.29) is 11.9 Å². The van der Waals surface area contributed by atoms with E-state index < -0.39 is 6.10 Å². The van der Waals surface area contributed by atoms with Gasteiger partial charge in [-0.15, -0.1) is 0 Å². The summed E-state index contributed by atoms with van der Waals surface area (Å²) in [6.45, 7) is 10.0. The fraction of sp³-hybridized carbons (Fsp3) is 0.435. The van der Waals surface area contributed by atoms with Gasteiger partial charge in [0.25, 0.3) is 5.91 Å². The number of nitrogens with one attached hydrogen (secondary N) is 1. The number of amides is 1. The fourth-order valence-corrected chi connectivity index (χ4v) is 3.13. The summed E-state index contributed by atoms with van der Waals surface area (Å²) in [6.07, 6.45) is -0.612. The molecule has 0 saturated carbocycles. The highest BCUT2D eigenvalue weighted by Crippen LogP contribution is 2.32. The number of hydrogen-bond donors (Lipinski definition) is 1. The molecule has 5 nitrogen and oxygen atoms in total. The maximum Gasteiger partial charge on any atom is 0.261 e. The standard InChI is InChI=1S/C23H31NO4/c1-14(2)20-13-21(15(3)12-22(20)27-7)16(4)24-23(25)17(5)28-19-10-8-18(26-6)9-11-19/h8-14,16-17H,1-7H3,(H,24,25)/t16-,17+/m0/s1. The van der Waals surface area contributed by atoms with Crippen LogP contribution in [0.1, 0.15) is 56.3 Å². The van der Waals surface area contributed by atoms with Crippen molar-refractivity contribution < 1.29 is 19.0 Å². The van der Waals surface area contributed by atoms with Gasteiger partial charge in [-0.2, -0.15) is 0 Å². The van der Waals surface area contributed by atoms with Gasteiger partial charge in [0, 0.05) is 0 Å². The van der Waals surface area contributed by atoms with Gasteiger partial charge in [-0.1, -0.05) is 13.8 Å². The maximum absolute atomic E-state index is 12.6. The van der Waals surface area contributed by atoms with E-state index in [4.69, 9.17) is 14.2 Å². The second kappa shape index (κ2) is 9.49. The van der Waals surface area contributed by atoms with E-state index in [0.717, 1.165) is 28.2 Å². The number of methoxy groups -OCH3 is 2. The van der Waals surface area contributed by atoms with Gasteiger partial charge in [-0.05, 0) is 79.8 Å². The molecule has 1 N–H and O–H groups in total. The summed E-state index contributed by atoms with van der Waals surface area (Å²) in [6, 6.07) is 11.2. The third kappa shape index (κ3) is 5.18. The van der Waals surface area contributed by atoms with Crippen LogP contribution in [0.4, 0.5) is 0 Å². The Morgan fingerprint density at radius 1 is 0.893 bits per heavy atom. The molecule has 0 fully saturated rings. The summed E-state index contributed by atoms with van der Waals surface area (Å²) in [4.78, 5) is 12.6. The van der Waals surface area contributed by atoms with Crippen molar-refractivity contribution in [2.24, 2.45) is 0 Å². The lowest BCUT2D eigenvalue weighted by molar-refractivity contribution is -0.127. The van der Waals surface area contributed by atoms with E-state index in [9.17, 15) is 4.79 Å². The first-order valence-corrected chi connectivity index (χ1v) is 9.56. The van der Waals surface area contributed by atoms with Crippen molar-refractivity contribution in [3.63, 3.8) is 0 Å². The minimum Gasteiger partial charge on any atom is -0.497 e. The monoisotopic (exact) mass is 385 g/mol. The lowest BCUT2D eigenvalue weighted by Gasteiger charge is -2.22. The number of carbonyl (C=O) groups excluding carboxylic acids is 1. The lowest BCUT2D eigenvalue weighted by atomic mass is 9.93. The highest BCUT2D eigenvalue weighted by Gasteiger charge is 2.20. The van der Waals surface area contributed by atoms with E-state index >= 15 is 0 Å². The second-order valence-corrected chi connectivity index (χ2v) is 7.27. The number of hydrogen-bond acceptors (Lipinski definition) is 4. The minimum absolute atomic E-state index is 0.141. The molecule has 0 heterocycles. The molecule has 2 aromatic rings. The zero-order chi connectivity index (χ0) is 20.8. The van der Waals surface area contributed by atoms with Gasteiger partial charge < -0.3 is 19.5 Å². The van der Waals surface area contributed by atoms with Gasteiger partial charge in [0.05, 0.1) is 20.3 Å². The Hall–Kier alpha value is -2.69. The molecule has 0 spiro atoms. The molecule has 1 amide bonds. The van der Waals surface area contributed by atoms with Gasteiger partial charge in [0.2, 0.25) is 0 Å². The number of ether oxygens (including phenoxy) is 3. The van der Waals surface area contributed by atoms with Crippen molar-refractivity contribution >= 4 is 5.91 Å². The highest BCUT2D eigenvalue weighted by atomic mass is 16.5. The number of rotatable bonds is 8. The van der Waals surface area contributed by atoms with Crippen molar-refractivity contribution in [3.8, 4) is 17.2 Å². The molecular weight excluding hydrogens is 354 g/mol. The zero-order valence-electron chi connectivity index (χ0n) is 17.8. The zero-order valence-corrected chi connectivity index (χ0v) is 17.8. The first-order chi connectivity index (χ1) is 13.3. The van der Waals surface area contributed by atoms with Gasteiger partial charge in [0.1, 0.15) is 17.2 Å². The van der Waals surface area contributed by atoms with Crippen molar-refractivity contribution in [3.05, 3.63) is 53.1 Å². The molecule has 5 heteroatoms. The molecule has 0 unspecified atom stereocenters. The fourth-order valence-electron chi connectivity index (χ4n) is 3.13. The molecule has 28 heavy (non-hydrogen) atoms. The predicted molar refractivity (Wildman–Crippen MR) is 111 cm³/mol. The summed E-state index contributed by atoms with van der Waals surface area (Å²) >= 11 is 0. The van der Waals surface area contributed by atoms with E-state index in [2.05, 4.69) is 25.2 Å². The molecule has 0 aliphatic carbocycles. The van der Waals surface area contributed by atoms with E-state index in [1.165, 1.54) is 0 Å². The van der Waals surface area contributed by atoms with Crippen LogP contribution in [0.5, 0.6) is 17.2 Å². The predicted octanol–water partition coefficient (Wildman–Crippen LogP) is 4.78. The van der Waals surface area contributed by atoms with Crippen LogP contribution in [0.3, 0.4) is 0 Å². The van der Waals surface area contributed by atoms with Crippen LogP contribution in [0.2, 0.25) is 0 Å². The van der Waals surface area contributed by atoms with Crippen LogP contribution >= 0.6 is 0 Å². The van der Waals surface area contributed by atoms with Crippen LogP contribution < -0.4 is 19.5 Å². The van der Waals surface area contributed by atoms with Crippen LogP contribution in [-0.4, -0.2) is 26.2 Å². The topological polar surface area (TPSA) is 56.8 Å². The Morgan fingerprint density at radius 2 is 1.50 bits per heavy atom. The summed E-state index contributed by atoms with van der Waals surface area (Å²) in [5.74, 6) is 2.41. The molecule has 0 aromatic heterocycles. The quantitative estimate of drug-likeness (QED) is 0.710. The normalized spacial score (nSPS) is 13.0. The third-order valence-electron chi connectivity index (χ3n) is 4.81. The van der Waals surface area contributed by atoms with Crippen molar-refractivity contribution in [2.45, 2.75) is 52.7 Å². The molecule has 0 saturated heterocycles. The summed E-state index contributed by atoms with van der Waals surface area (Å²) in [7, 11) is 3.29. The highest BCUT2D eigenvalue weighted by molar-refractivity contribution is 5.81. The molecule has 0 bridgehead atoms. The van der Waals surface area contributed by atoms with Crippen LogP contribution in [0, 0.1) is 6.92 Å². The number of benzene rings is 2. The number of carbonyl (C=O) groups is 1. The Morgan fingerprint density at radius 3 is 2.04 bits per heavy atom. The molecule has 0 radical (unpaired) electrons. The van der Waals surface area contributed by atoms with Crippen molar-refractivity contribution in [1.29, 1.82) is 0 Å². The lowest BCUT2D eigenvalue weighted by Crippen LogP contribution is -2.38. The van der Waals surface area contributed by atoms with E-state index in [1.54, 1.807) is 45.4 Å². The summed E-state index contributed by atoms with van der Waals surface area (Å²) in [5.41, 5.74) is 3.29. The third-order valence-corrected chi connectivity index (χ3v) is 4.81. The van der Waals surface area contributed by atoms with Gasteiger partial charge in [-0.3, -0.25) is 4.79 Å². The second-order valence-electron chi connectivity index (χ2n) is 7.27. The first-order valence-electron chi connectivity index (χ1n) is 9.56. The Labute approximate surface area is 168 Å². The Balaban J connectivity index is 2.09. The van der Waals surface area contributed by atoms with Gasteiger partial charge in [-0.25, -0.2) is 0 Å². The van der Waals surface area contributed by atoms with Crippen LogP contribution in [-0.2, 0) is 4.79 Å². The largest absolute Gasteiger partial charge is 0.497 e. The van der Waals surface area contributed by atoms with Gasteiger partial charge >= 0.3 is 0 Å². The summed E-state index contributed by atoms with van der Waals surface area (Å²) in [5, 5.41) is 3.05. The smallest absolute Gasteiger partial charge is 0.261 e. The molecular formula is C23H31NO4. The number of aryl methyl sites for hydroxylation is 1. The summed E-state index contributed by atoms with van der Waals surface area (Å²) < 4.78 is 16.4. The Kier molecular flexibility index (Phi) is 7.32. The van der Waals surface area contributed by atoms with E-state index in [1.807, 2.05) is 19.9 Å². The Bertz CT molecular complexity index is 799. The first kappa shape index (κ1) is 21.6. The SMILES string of the molecule is COc1ccc(O[C@H](C)C(=O)N[C@@H](C)c2cc(C(C)C)c(OC)cc2C)cc1. The van der Waals surface area contributed by atoms with Crippen LogP contribution in [0.25, 0.3) is 0 Å². The molecule has 2 aromatic carbocycles. The minimum atomic E-state index is -0.612. The van der Waals surface area contributed by atoms with Crippen LogP contribution in [0.15, 0.2) is 36.4 Å². The molecule has 0 aliphatic heterocycles. The van der Waals surface area contributed by atoms with Crippen molar-refractivity contribution in [2.75, 3.05) is 14.2 Å². The average molecular weight is 386 g/mol. The molecule has 0 aliphatic rings. The molecule has 2 rings (SSSR count). The average Bonchev–Trinajstić information content (AvgIpc) is 2.67. The van der Waals surface area contributed by atoms with Crippen molar-refractivity contribution in [1.82, 2.24) is 5.32 Å². The van der Waals surface area contributed by atoms with Gasteiger partial charge in [0.15, 0.2) is 6.10 Å². The maximum atomic E-state index is 12.6. The molecule has 2 atom stereocenters. The van der Waals surface area contributed by atoms with E-state index in [0.29, 0.717) is 11.7 Å². The molecule has 152 valence electrons.